The third-order valence-corrected chi connectivity index (χ3v) is 5.78. The third-order valence-electron chi connectivity index (χ3n) is 5.54. The Labute approximate surface area is 208 Å². The number of esters is 1. The van der Waals surface area contributed by atoms with Gasteiger partial charge in [-0.2, -0.15) is 0 Å². The molecular formula is C30H22ClNO3. The topological polar surface area (TPSA) is 51.8 Å². The first-order chi connectivity index (χ1) is 17.1. The molecule has 0 amide bonds. The summed E-state index contributed by atoms with van der Waals surface area (Å²) in [6.45, 7) is 0. The van der Waals surface area contributed by atoms with Gasteiger partial charge in [-0.3, -0.25) is 4.79 Å². The molecule has 1 aromatic heterocycles. The molecule has 5 rings (SSSR count). The van der Waals surface area contributed by atoms with E-state index in [0.717, 1.165) is 27.6 Å². The van der Waals surface area contributed by atoms with Crippen LogP contribution in [-0.4, -0.2) is 5.97 Å². The van der Waals surface area contributed by atoms with E-state index in [2.05, 4.69) is 0 Å². The van der Waals surface area contributed by atoms with Crippen molar-refractivity contribution in [3.8, 4) is 17.1 Å². The second-order valence-corrected chi connectivity index (χ2v) is 8.50. The Kier molecular flexibility index (Phi) is 6.73. The predicted molar refractivity (Wildman–Crippen MR) is 139 cm³/mol. The number of rotatable bonds is 6. The molecular weight excluding hydrogens is 458 g/mol. The van der Waals surface area contributed by atoms with Crippen LogP contribution in [0.15, 0.2) is 119 Å². The zero-order chi connectivity index (χ0) is 24.0. The van der Waals surface area contributed by atoms with Gasteiger partial charge in [-0.15, -0.1) is 0 Å². The highest BCUT2D eigenvalue weighted by molar-refractivity contribution is 6.31. The Hall–Kier alpha value is -4.15. The average molecular weight is 480 g/mol. The molecule has 1 heterocycles. The summed E-state index contributed by atoms with van der Waals surface area (Å²) in [6, 6.07) is 34.3. The van der Waals surface area contributed by atoms with Crippen molar-refractivity contribution in [1.82, 2.24) is 0 Å². The van der Waals surface area contributed by atoms with Gasteiger partial charge in [0.1, 0.15) is 17.1 Å². The van der Waals surface area contributed by atoms with E-state index in [4.69, 9.17) is 25.7 Å². The van der Waals surface area contributed by atoms with Crippen molar-refractivity contribution in [3.05, 3.63) is 125 Å². The van der Waals surface area contributed by atoms with Crippen molar-refractivity contribution in [3.63, 3.8) is 0 Å². The van der Waals surface area contributed by atoms with Crippen molar-refractivity contribution < 1.29 is 13.9 Å². The molecule has 0 N–H and O–H groups in total. The maximum absolute atomic E-state index is 12.2. The highest BCUT2D eigenvalue weighted by Gasteiger charge is 2.08. The highest BCUT2D eigenvalue weighted by atomic mass is 35.5. The monoisotopic (exact) mass is 479 g/mol. The quantitative estimate of drug-likeness (QED) is 0.187. The molecule has 35 heavy (non-hydrogen) atoms. The first kappa shape index (κ1) is 22.6. The lowest BCUT2D eigenvalue weighted by atomic mass is 10.1. The highest BCUT2D eigenvalue weighted by Crippen LogP contribution is 2.25. The second kappa shape index (κ2) is 10.4. The summed E-state index contributed by atoms with van der Waals surface area (Å²) >= 11 is 6.25. The molecule has 172 valence electrons. The van der Waals surface area contributed by atoms with Crippen LogP contribution in [0.3, 0.4) is 0 Å². The molecule has 0 radical (unpaired) electrons. The minimum absolute atomic E-state index is 0.267. The summed E-state index contributed by atoms with van der Waals surface area (Å²) in [4.78, 5) is 17.1. The van der Waals surface area contributed by atoms with Crippen molar-refractivity contribution >= 4 is 34.2 Å². The number of hydrogen-bond donors (Lipinski definition) is 0. The van der Waals surface area contributed by atoms with Gasteiger partial charge in [0.25, 0.3) is 0 Å². The first-order valence-corrected chi connectivity index (χ1v) is 11.7. The van der Waals surface area contributed by atoms with Gasteiger partial charge in [-0.05, 0) is 54.4 Å². The van der Waals surface area contributed by atoms with Gasteiger partial charge < -0.3 is 9.15 Å². The molecule has 0 atom stereocenters. The van der Waals surface area contributed by atoms with E-state index < -0.39 is 0 Å². The van der Waals surface area contributed by atoms with Crippen molar-refractivity contribution in [2.45, 2.75) is 12.8 Å². The summed E-state index contributed by atoms with van der Waals surface area (Å²) in [5.74, 6) is 0.933. The fourth-order valence-electron chi connectivity index (χ4n) is 3.78. The average Bonchev–Trinajstić information content (AvgIpc) is 2.90. The van der Waals surface area contributed by atoms with Gasteiger partial charge in [0.05, 0.1) is 11.0 Å². The van der Waals surface area contributed by atoms with E-state index in [0.29, 0.717) is 35.0 Å². The largest absolute Gasteiger partial charge is 0.456 e. The zero-order valence-electron chi connectivity index (χ0n) is 18.9. The Morgan fingerprint density at radius 1 is 0.829 bits per heavy atom. The Morgan fingerprint density at radius 3 is 2.29 bits per heavy atom. The lowest BCUT2D eigenvalue weighted by molar-refractivity contribution is -0.134. The summed E-state index contributed by atoms with van der Waals surface area (Å²) in [5, 5.41) is 2.16. The second-order valence-electron chi connectivity index (χ2n) is 8.07. The zero-order valence-corrected chi connectivity index (χ0v) is 19.6. The number of ether oxygens (including phenoxy) is 1. The summed E-state index contributed by atoms with van der Waals surface area (Å²) in [5.41, 5.74) is 3.48. The number of halogens is 1. The van der Waals surface area contributed by atoms with Crippen LogP contribution < -0.4 is 10.1 Å². The number of nitrogens with zero attached hydrogens (tertiary/aromatic N) is 1. The standard InChI is InChI=1S/C30H22ClNO3/c31-23-12-17-28-26(19-23)27(20-29(35-28)22-9-5-2-6-10-22)32-24-13-15-25(16-14-24)34-30(33)18-11-21-7-3-1-4-8-21/h1-10,12-17,19-20H,11,18H2. The van der Waals surface area contributed by atoms with Gasteiger partial charge in [-0.25, -0.2) is 4.99 Å². The van der Waals surface area contributed by atoms with E-state index in [1.54, 1.807) is 18.2 Å². The van der Waals surface area contributed by atoms with Crippen LogP contribution >= 0.6 is 11.6 Å². The molecule has 0 saturated carbocycles. The van der Waals surface area contributed by atoms with Gasteiger partial charge in [-0.1, -0.05) is 72.3 Å². The van der Waals surface area contributed by atoms with E-state index in [1.807, 2.05) is 91.0 Å². The van der Waals surface area contributed by atoms with Gasteiger partial charge in [0, 0.05) is 28.5 Å². The van der Waals surface area contributed by atoms with Crippen LogP contribution in [0.2, 0.25) is 5.02 Å². The first-order valence-electron chi connectivity index (χ1n) is 11.3. The summed E-state index contributed by atoms with van der Waals surface area (Å²) in [7, 11) is 0. The number of hydrogen-bond acceptors (Lipinski definition) is 4. The van der Waals surface area contributed by atoms with Gasteiger partial charge >= 0.3 is 5.97 Å². The maximum atomic E-state index is 12.2. The molecule has 4 aromatic carbocycles. The molecule has 0 aliphatic rings. The number of aryl methyl sites for hydroxylation is 1. The molecule has 5 aromatic rings. The number of carbonyl (C=O) groups is 1. The summed E-state index contributed by atoms with van der Waals surface area (Å²) in [6.07, 6.45) is 0.962. The van der Waals surface area contributed by atoms with Gasteiger partial charge in [0.2, 0.25) is 0 Å². The van der Waals surface area contributed by atoms with E-state index >= 15 is 0 Å². The maximum Gasteiger partial charge on any atom is 0.311 e. The van der Waals surface area contributed by atoms with Crippen LogP contribution in [0.25, 0.3) is 22.3 Å². The van der Waals surface area contributed by atoms with Crippen molar-refractivity contribution in [2.24, 2.45) is 4.99 Å². The third kappa shape index (κ3) is 5.68. The van der Waals surface area contributed by atoms with Gasteiger partial charge in [0.15, 0.2) is 0 Å². The predicted octanol–water partition coefficient (Wildman–Crippen LogP) is 7.52. The van der Waals surface area contributed by atoms with E-state index in [-0.39, 0.29) is 5.97 Å². The van der Waals surface area contributed by atoms with Crippen LogP contribution in [0.1, 0.15) is 12.0 Å². The minimum Gasteiger partial charge on any atom is -0.456 e. The number of benzene rings is 4. The molecule has 0 fully saturated rings. The van der Waals surface area contributed by atoms with Crippen LogP contribution in [0.4, 0.5) is 5.69 Å². The van der Waals surface area contributed by atoms with Crippen LogP contribution in [0.5, 0.6) is 5.75 Å². The molecule has 5 heteroatoms. The van der Waals surface area contributed by atoms with E-state index in [1.165, 1.54) is 0 Å². The molecule has 0 unspecified atom stereocenters. The molecule has 0 saturated heterocycles. The molecule has 0 bridgehead atoms. The SMILES string of the molecule is O=C(CCc1ccccc1)Oc1ccc(N=c2cc(-c3ccccc3)oc3ccc(Cl)cc23)cc1. The smallest absolute Gasteiger partial charge is 0.311 e. The summed E-state index contributed by atoms with van der Waals surface area (Å²) < 4.78 is 11.6. The number of carbonyl (C=O) groups excluding carboxylic acids is 1. The Morgan fingerprint density at radius 2 is 1.54 bits per heavy atom. The fraction of sp³-hybridized carbons (Fsp3) is 0.0667. The van der Waals surface area contributed by atoms with E-state index in [9.17, 15) is 4.79 Å². The molecule has 0 aliphatic carbocycles. The normalized spacial score (nSPS) is 11.5. The molecule has 0 spiro atoms. The minimum atomic E-state index is -0.267. The lowest BCUT2D eigenvalue weighted by Crippen LogP contribution is -2.08. The molecule has 4 nitrogen and oxygen atoms in total. The van der Waals surface area contributed by atoms with Crippen molar-refractivity contribution in [1.29, 1.82) is 0 Å². The van der Waals surface area contributed by atoms with Crippen LogP contribution in [-0.2, 0) is 11.2 Å². The Balaban J connectivity index is 1.40. The lowest BCUT2D eigenvalue weighted by Gasteiger charge is -2.06. The number of fused-ring (bicyclic) bond motifs is 1. The van der Waals surface area contributed by atoms with Crippen LogP contribution in [0, 0.1) is 0 Å². The Bertz CT molecular complexity index is 1530. The van der Waals surface area contributed by atoms with Crippen molar-refractivity contribution in [2.75, 3.05) is 0 Å². The molecule has 0 aliphatic heterocycles. The fourth-order valence-corrected chi connectivity index (χ4v) is 3.95.